The van der Waals surface area contributed by atoms with Gasteiger partial charge in [-0.2, -0.15) is 0 Å². The first-order valence-electron chi connectivity index (χ1n) is 8.98. The van der Waals surface area contributed by atoms with Gasteiger partial charge in [0.05, 0.1) is 0 Å². The van der Waals surface area contributed by atoms with Gasteiger partial charge in [0.25, 0.3) is 0 Å². The second-order valence-electron chi connectivity index (χ2n) is 8.13. The van der Waals surface area contributed by atoms with Crippen LogP contribution in [0.3, 0.4) is 0 Å². The molecular formula is C18H36N2. The molecule has 0 aromatic heterocycles. The summed E-state index contributed by atoms with van der Waals surface area (Å²) in [6.45, 7) is 13.5. The molecule has 0 amide bonds. The Hall–Kier alpha value is -0.0800. The Labute approximate surface area is 126 Å². The lowest BCUT2D eigenvalue weighted by Crippen LogP contribution is -2.45. The molecule has 2 aliphatic rings. The van der Waals surface area contributed by atoms with E-state index >= 15 is 0 Å². The Kier molecular flexibility index (Phi) is 5.92. The average Bonchev–Trinajstić information content (AvgIpc) is 2.59. The lowest BCUT2D eigenvalue weighted by Gasteiger charge is -2.41. The summed E-state index contributed by atoms with van der Waals surface area (Å²) in [6.07, 6.45) is 11.4. The van der Waals surface area contributed by atoms with Crippen molar-refractivity contribution in [1.29, 1.82) is 0 Å². The fourth-order valence-corrected chi connectivity index (χ4v) is 4.19. The molecule has 118 valence electrons. The van der Waals surface area contributed by atoms with Crippen molar-refractivity contribution in [2.75, 3.05) is 32.7 Å². The monoisotopic (exact) mass is 280 g/mol. The highest BCUT2D eigenvalue weighted by molar-refractivity contribution is 4.89. The SMILES string of the molecule is CCNCC1(CN2CCCC(C)(C)CC2)CCCCC1. The van der Waals surface area contributed by atoms with Gasteiger partial charge in [-0.05, 0) is 62.6 Å². The largest absolute Gasteiger partial charge is 0.316 e. The van der Waals surface area contributed by atoms with Gasteiger partial charge < -0.3 is 10.2 Å². The summed E-state index contributed by atoms with van der Waals surface area (Å²) in [5, 5.41) is 3.65. The zero-order valence-electron chi connectivity index (χ0n) is 14.1. The Bertz CT molecular complexity index is 279. The van der Waals surface area contributed by atoms with E-state index in [0.717, 1.165) is 6.54 Å². The van der Waals surface area contributed by atoms with Gasteiger partial charge in [0, 0.05) is 13.1 Å². The first kappa shape index (κ1) is 16.3. The van der Waals surface area contributed by atoms with Crippen LogP contribution in [0.25, 0.3) is 0 Å². The van der Waals surface area contributed by atoms with Crippen LogP contribution in [-0.2, 0) is 0 Å². The summed E-state index contributed by atoms with van der Waals surface area (Å²) in [5.74, 6) is 0. The number of nitrogens with zero attached hydrogens (tertiary/aromatic N) is 1. The van der Waals surface area contributed by atoms with Gasteiger partial charge >= 0.3 is 0 Å². The van der Waals surface area contributed by atoms with Crippen LogP contribution in [0.4, 0.5) is 0 Å². The van der Waals surface area contributed by atoms with Gasteiger partial charge in [-0.3, -0.25) is 0 Å². The van der Waals surface area contributed by atoms with E-state index in [-0.39, 0.29) is 0 Å². The van der Waals surface area contributed by atoms with Crippen LogP contribution in [0.5, 0.6) is 0 Å². The van der Waals surface area contributed by atoms with Crippen molar-refractivity contribution in [2.24, 2.45) is 10.8 Å². The number of hydrogen-bond acceptors (Lipinski definition) is 2. The molecule has 0 spiro atoms. The Morgan fingerprint density at radius 2 is 1.65 bits per heavy atom. The molecule has 1 N–H and O–H groups in total. The van der Waals surface area contributed by atoms with Crippen LogP contribution in [-0.4, -0.2) is 37.6 Å². The maximum absolute atomic E-state index is 3.65. The molecule has 0 bridgehead atoms. The highest BCUT2D eigenvalue weighted by Gasteiger charge is 2.34. The fourth-order valence-electron chi connectivity index (χ4n) is 4.19. The van der Waals surface area contributed by atoms with E-state index in [1.807, 2.05) is 0 Å². The van der Waals surface area contributed by atoms with Gasteiger partial charge in [0.2, 0.25) is 0 Å². The predicted molar refractivity (Wildman–Crippen MR) is 88.1 cm³/mol. The second kappa shape index (κ2) is 7.26. The first-order valence-corrected chi connectivity index (χ1v) is 8.98. The highest BCUT2D eigenvalue weighted by atomic mass is 15.1. The summed E-state index contributed by atoms with van der Waals surface area (Å²) in [5.41, 5.74) is 1.14. The van der Waals surface area contributed by atoms with Crippen molar-refractivity contribution in [2.45, 2.75) is 72.1 Å². The maximum Gasteiger partial charge on any atom is 0.00501 e. The fraction of sp³-hybridized carbons (Fsp3) is 1.00. The molecule has 2 nitrogen and oxygen atoms in total. The zero-order valence-corrected chi connectivity index (χ0v) is 14.1. The highest BCUT2D eigenvalue weighted by Crippen LogP contribution is 2.38. The van der Waals surface area contributed by atoms with E-state index in [1.165, 1.54) is 77.5 Å². The predicted octanol–water partition coefficient (Wildman–Crippen LogP) is 4.06. The molecule has 0 atom stereocenters. The van der Waals surface area contributed by atoms with Crippen molar-refractivity contribution >= 4 is 0 Å². The van der Waals surface area contributed by atoms with Gasteiger partial charge in [-0.1, -0.05) is 40.0 Å². The summed E-state index contributed by atoms with van der Waals surface area (Å²) >= 11 is 0. The Morgan fingerprint density at radius 1 is 0.900 bits per heavy atom. The van der Waals surface area contributed by atoms with Crippen LogP contribution in [0, 0.1) is 10.8 Å². The molecule has 1 aliphatic carbocycles. The van der Waals surface area contributed by atoms with Crippen molar-refractivity contribution in [3.8, 4) is 0 Å². The molecule has 0 radical (unpaired) electrons. The summed E-state index contributed by atoms with van der Waals surface area (Å²) < 4.78 is 0. The molecule has 1 saturated carbocycles. The van der Waals surface area contributed by atoms with Crippen LogP contribution in [0.2, 0.25) is 0 Å². The lowest BCUT2D eigenvalue weighted by atomic mass is 9.73. The third kappa shape index (κ3) is 4.73. The molecule has 1 heterocycles. The number of hydrogen-bond donors (Lipinski definition) is 1. The third-order valence-corrected chi connectivity index (χ3v) is 5.66. The van der Waals surface area contributed by atoms with E-state index in [4.69, 9.17) is 0 Å². The minimum atomic E-state index is 0.566. The smallest absolute Gasteiger partial charge is 0.00501 e. The van der Waals surface area contributed by atoms with E-state index < -0.39 is 0 Å². The van der Waals surface area contributed by atoms with Crippen molar-refractivity contribution in [3.05, 3.63) is 0 Å². The van der Waals surface area contributed by atoms with Crippen LogP contribution in [0.15, 0.2) is 0 Å². The minimum Gasteiger partial charge on any atom is -0.316 e. The number of likely N-dealkylation sites (tertiary alicyclic amines) is 1. The minimum absolute atomic E-state index is 0.566. The Balaban J connectivity index is 1.93. The molecule has 0 aromatic rings. The molecule has 2 rings (SSSR count). The summed E-state index contributed by atoms with van der Waals surface area (Å²) in [4.78, 5) is 2.79. The molecule has 1 saturated heterocycles. The van der Waals surface area contributed by atoms with Crippen LogP contribution < -0.4 is 5.32 Å². The lowest BCUT2D eigenvalue weighted by molar-refractivity contribution is 0.103. The summed E-state index contributed by atoms with van der Waals surface area (Å²) in [6, 6.07) is 0. The van der Waals surface area contributed by atoms with Crippen LogP contribution >= 0.6 is 0 Å². The molecular weight excluding hydrogens is 244 g/mol. The average molecular weight is 280 g/mol. The topological polar surface area (TPSA) is 15.3 Å². The van der Waals surface area contributed by atoms with Gasteiger partial charge in [0.1, 0.15) is 0 Å². The van der Waals surface area contributed by atoms with Crippen molar-refractivity contribution < 1.29 is 0 Å². The van der Waals surface area contributed by atoms with Gasteiger partial charge in [0.15, 0.2) is 0 Å². The standard InChI is InChI=1S/C18H36N2/c1-4-19-15-18(10-6-5-7-11-18)16-20-13-8-9-17(2,3)12-14-20/h19H,4-16H2,1-3H3. The number of nitrogens with one attached hydrogen (secondary N) is 1. The van der Waals surface area contributed by atoms with E-state index in [9.17, 15) is 0 Å². The normalized spacial score (nSPS) is 27.1. The summed E-state index contributed by atoms with van der Waals surface area (Å²) in [7, 11) is 0. The number of rotatable bonds is 5. The first-order chi connectivity index (χ1) is 9.55. The molecule has 0 unspecified atom stereocenters. The second-order valence-corrected chi connectivity index (χ2v) is 8.13. The quantitative estimate of drug-likeness (QED) is 0.817. The molecule has 1 aliphatic heterocycles. The maximum atomic E-state index is 3.65. The van der Waals surface area contributed by atoms with Crippen molar-refractivity contribution in [1.82, 2.24) is 10.2 Å². The molecule has 20 heavy (non-hydrogen) atoms. The molecule has 2 heteroatoms. The Morgan fingerprint density at radius 3 is 2.35 bits per heavy atom. The van der Waals surface area contributed by atoms with Crippen LogP contribution in [0.1, 0.15) is 72.1 Å². The third-order valence-electron chi connectivity index (χ3n) is 5.66. The zero-order chi connectivity index (χ0) is 14.5. The molecule has 0 aromatic carbocycles. The van der Waals surface area contributed by atoms with E-state index in [2.05, 4.69) is 31.0 Å². The van der Waals surface area contributed by atoms with Crippen molar-refractivity contribution in [3.63, 3.8) is 0 Å². The van der Waals surface area contributed by atoms with E-state index in [1.54, 1.807) is 0 Å². The van der Waals surface area contributed by atoms with Gasteiger partial charge in [-0.25, -0.2) is 0 Å². The van der Waals surface area contributed by atoms with Gasteiger partial charge in [-0.15, -0.1) is 0 Å². The van der Waals surface area contributed by atoms with E-state index in [0.29, 0.717) is 10.8 Å². The molecule has 2 fully saturated rings.